The fourth-order valence-electron chi connectivity index (χ4n) is 1.30. The molecule has 16 heavy (non-hydrogen) atoms. The third-order valence-corrected chi connectivity index (χ3v) is 2.75. The summed E-state index contributed by atoms with van der Waals surface area (Å²) in [5.74, 6) is 0.403. The summed E-state index contributed by atoms with van der Waals surface area (Å²) >= 11 is 3.39. The fourth-order valence-corrected chi connectivity index (χ4v) is 1.82. The zero-order valence-electron chi connectivity index (χ0n) is 8.27. The second-order valence-electron chi connectivity index (χ2n) is 3.03. The second-order valence-corrected chi connectivity index (χ2v) is 3.82. The average molecular weight is 278 g/mol. The number of nitrogens with zero attached hydrogens (tertiary/aromatic N) is 2. The van der Waals surface area contributed by atoms with Crippen molar-refractivity contribution in [2.75, 3.05) is 6.61 Å². The molecule has 80 valence electrons. The Hall–Kier alpha value is -1.80. The van der Waals surface area contributed by atoms with Gasteiger partial charge in [0.15, 0.2) is 6.61 Å². The number of nitrogens with one attached hydrogen (secondary N) is 1. The Bertz CT molecular complexity index is 516. The van der Waals surface area contributed by atoms with Crippen LogP contribution in [0.5, 0.6) is 5.88 Å². The summed E-state index contributed by atoms with van der Waals surface area (Å²) in [5.41, 5.74) is 1.85. The van der Waals surface area contributed by atoms with Crippen LogP contribution in [0.3, 0.4) is 0 Å². The van der Waals surface area contributed by atoms with Crippen molar-refractivity contribution in [3.05, 3.63) is 34.8 Å². The van der Waals surface area contributed by atoms with Crippen LogP contribution >= 0.6 is 15.9 Å². The van der Waals surface area contributed by atoms with E-state index in [0.717, 1.165) is 15.7 Å². The van der Waals surface area contributed by atoms with Gasteiger partial charge in [-0.25, -0.2) is 0 Å². The SMILES string of the molecule is N#CCOc1n[nH]c(-c2ccccc2)c1Br. The summed E-state index contributed by atoms with van der Waals surface area (Å²) in [6, 6.07) is 11.7. The number of aromatic nitrogens is 2. The number of aromatic amines is 1. The highest BCUT2D eigenvalue weighted by atomic mass is 79.9. The molecule has 1 N–H and O–H groups in total. The molecule has 0 spiro atoms. The molecule has 4 nitrogen and oxygen atoms in total. The Morgan fingerprint density at radius 3 is 2.81 bits per heavy atom. The lowest BCUT2D eigenvalue weighted by Crippen LogP contribution is -1.93. The standard InChI is InChI=1S/C11H8BrN3O/c12-9-10(8-4-2-1-3-5-8)14-15-11(9)16-7-6-13/h1-5H,7H2,(H,14,15). The first-order valence-electron chi connectivity index (χ1n) is 4.62. The van der Waals surface area contributed by atoms with E-state index < -0.39 is 0 Å². The van der Waals surface area contributed by atoms with Crippen LogP contribution in [0.25, 0.3) is 11.3 Å². The van der Waals surface area contributed by atoms with Crippen LogP contribution in [0.1, 0.15) is 0 Å². The average Bonchev–Trinajstić information content (AvgIpc) is 2.69. The van der Waals surface area contributed by atoms with Crippen molar-refractivity contribution in [3.8, 4) is 23.2 Å². The monoisotopic (exact) mass is 277 g/mol. The molecule has 0 saturated heterocycles. The van der Waals surface area contributed by atoms with E-state index in [1.165, 1.54) is 0 Å². The first kappa shape index (κ1) is 10.7. The van der Waals surface area contributed by atoms with E-state index in [-0.39, 0.29) is 6.61 Å². The molecular formula is C11H8BrN3O. The molecule has 5 heteroatoms. The van der Waals surface area contributed by atoms with Gasteiger partial charge in [0.05, 0.1) is 5.69 Å². The van der Waals surface area contributed by atoms with Gasteiger partial charge < -0.3 is 4.74 Å². The van der Waals surface area contributed by atoms with Crippen LogP contribution in [0, 0.1) is 11.3 Å². The lowest BCUT2D eigenvalue weighted by atomic mass is 10.2. The van der Waals surface area contributed by atoms with Gasteiger partial charge in [-0.1, -0.05) is 30.3 Å². The van der Waals surface area contributed by atoms with Crippen LogP contribution in [0.4, 0.5) is 0 Å². The number of nitriles is 1. The van der Waals surface area contributed by atoms with Crippen LogP contribution in [0.15, 0.2) is 34.8 Å². The minimum Gasteiger partial charge on any atom is -0.460 e. The van der Waals surface area contributed by atoms with Crippen molar-refractivity contribution >= 4 is 15.9 Å². The van der Waals surface area contributed by atoms with Crippen molar-refractivity contribution in [2.45, 2.75) is 0 Å². The number of ether oxygens (including phenoxy) is 1. The van der Waals surface area contributed by atoms with Crippen LogP contribution in [-0.2, 0) is 0 Å². The maximum Gasteiger partial charge on any atom is 0.248 e. The quantitative estimate of drug-likeness (QED) is 0.938. The zero-order valence-corrected chi connectivity index (χ0v) is 9.86. The maximum atomic E-state index is 8.41. The van der Waals surface area contributed by atoms with Gasteiger partial charge in [0, 0.05) is 5.56 Å². The Labute approximate surface area is 101 Å². The summed E-state index contributed by atoms with van der Waals surface area (Å²) in [4.78, 5) is 0. The number of benzene rings is 1. The molecule has 0 fully saturated rings. The van der Waals surface area contributed by atoms with Crippen molar-refractivity contribution < 1.29 is 4.74 Å². The predicted molar refractivity (Wildman–Crippen MR) is 62.8 cm³/mol. The van der Waals surface area contributed by atoms with E-state index in [2.05, 4.69) is 26.1 Å². The molecule has 2 aromatic rings. The van der Waals surface area contributed by atoms with Gasteiger partial charge in [0.2, 0.25) is 5.88 Å². The predicted octanol–water partition coefficient (Wildman–Crippen LogP) is 2.74. The largest absolute Gasteiger partial charge is 0.460 e. The normalized spacial score (nSPS) is 9.75. The zero-order chi connectivity index (χ0) is 11.4. The molecule has 0 aliphatic heterocycles. The molecule has 2 rings (SSSR count). The van der Waals surface area contributed by atoms with Gasteiger partial charge >= 0.3 is 0 Å². The molecule has 1 aromatic heterocycles. The van der Waals surface area contributed by atoms with E-state index in [9.17, 15) is 0 Å². The molecule has 0 bridgehead atoms. The third-order valence-electron chi connectivity index (χ3n) is 2.01. The molecule has 1 heterocycles. The Balaban J connectivity index is 2.31. The molecular weight excluding hydrogens is 270 g/mol. The van der Waals surface area contributed by atoms with Gasteiger partial charge in [-0.3, -0.25) is 5.10 Å². The smallest absolute Gasteiger partial charge is 0.248 e. The molecule has 0 saturated carbocycles. The first-order chi connectivity index (χ1) is 7.83. The van der Waals surface area contributed by atoms with Crippen molar-refractivity contribution in [1.82, 2.24) is 10.2 Å². The van der Waals surface area contributed by atoms with Crippen LogP contribution in [0.2, 0.25) is 0 Å². The molecule has 0 unspecified atom stereocenters. The lowest BCUT2D eigenvalue weighted by molar-refractivity contribution is 0.350. The Kier molecular flexibility index (Phi) is 3.22. The van der Waals surface area contributed by atoms with Gasteiger partial charge in [0.1, 0.15) is 10.5 Å². The third kappa shape index (κ3) is 2.07. The molecule has 0 aliphatic rings. The minimum absolute atomic E-state index is 0.0162. The van der Waals surface area contributed by atoms with E-state index in [1.807, 2.05) is 36.4 Å². The molecule has 0 amide bonds. The maximum absolute atomic E-state index is 8.41. The van der Waals surface area contributed by atoms with Crippen LogP contribution < -0.4 is 4.74 Å². The highest BCUT2D eigenvalue weighted by molar-refractivity contribution is 9.10. The number of hydrogen-bond acceptors (Lipinski definition) is 3. The number of hydrogen-bond donors (Lipinski definition) is 1. The topological polar surface area (TPSA) is 61.7 Å². The summed E-state index contributed by atoms with van der Waals surface area (Å²) in [6.45, 7) is -0.0162. The number of rotatable bonds is 3. The van der Waals surface area contributed by atoms with Gasteiger partial charge in [-0.2, -0.15) is 5.26 Å². The Morgan fingerprint density at radius 2 is 2.12 bits per heavy atom. The number of halogens is 1. The van der Waals surface area contributed by atoms with E-state index in [0.29, 0.717) is 5.88 Å². The summed E-state index contributed by atoms with van der Waals surface area (Å²) in [5, 5.41) is 15.3. The minimum atomic E-state index is -0.0162. The molecule has 1 aromatic carbocycles. The summed E-state index contributed by atoms with van der Waals surface area (Å²) in [6.07, 6.45) is 0. The fraction of sp³-hybridized carbons (Fsp3) is 0.0909. The van der Waals surface area contributed by atoms with E-state index in [4.69, 9.17) is 10.00 Å². The van der Waals surface area contributed by atoms with Gasteiger partial charge in [-0.15, -0.1) is 5.10 Å². The first-order valence-corrected chi connectivity index (χ1v) is 5.41. The van der Waals surface area contributed by atoms with Gasteiger partial charge in [-0.05, 0) is 15.9 Å². The van der Waals surface area contributed by atoms with E-state index >= 15 is 0 Å². The molecule has 0 aliphatic carbocycles. The summed E-state index contributed by atoms with van der Waals surface area (Å²) in [7, 11) is 0. The van der Waals surface area contributed by atoms with Crippen molar-refractivity contribution in [2.24, 2.45) is 0 Å². The molecule has 0 atom stereocenters. The second kappa shape index (κ2) is 4.81. The van der Waals surface area contributed by atoms with Crippen molar-refractivity contribution in [1.29, 1.82) is 5.26 Å². The highest BCUT2D eigenvalue weighted by Crippen LogP contribution is 2.32. The summed E-state index contributed by atoms with van der Waals surface area (Å²) < 4.78 is 5.87. The van der Waals surface area contributed by atoms with Crippen LogP contribution in [-0.4, -0.2) is 16.8 Å². The molecule has 0 radical (unpaired) electrons. The number of H-pyrrole nitrogens is 1. The lowest BCUT2D eigenvalue weighted by Gasteiger charge is -1.98. The van der Waals surface area contributed by atoms with Gasteiger partial charge in [0.25, 0.3) is 0 Å². The highest BCUT2D eigenvalue weighted by Gasteiger charge is 2.12. The van der Waals surface area contributed by atoms with E-state index in [1.54, 1.807) is 0 Å². The van der Waals surface area contributed by atoms with Crippen molar-refractivity contribution in [3.63, 3.8) is 0 Å². The Morgan fingerprint density at radius 1 is 1.38 bits per heavy atom.